The molecule has 3 rings (SSSR count). The molecule has 3 heteroatoms. The summed E-state index contributed by atoms with van der Waals surface area (Å²) in [6, 6.07) is 13.2. The maximum atomic E-state index is 6.28. The number of nitrogens with zero attached hydrogens (tertiary/aromatic N) is 1. The number of rotatable bonds is 6. The average molecular weight is 270 g/mol. The van der Waals surface area contributed by atoms with Gasteiger partial charge in [-0.25, -0.2) is 0 Å². The summed E-state index contributed by atoms with van der Waals surface area (Å²) in [4.78, 5) is 2.45. The maximum Gasteiger partial charge on any atom is 0.123 e. The fourth-order valence-electron chi connectivity index (χ4n) is 2.65. The molecule has 1 aliphatic carbocycles. The van der Waals surface area contributed by atoms with Gasteiger partial charge in [0.2, 0.25) is 0 Å². The van der Waals surface area contributed by atoms with Gasteiger partial charge in [0, 0.05) is 17.8 Å². The third kappa shape index (κ3) is 2.73. The van der Waals surface area contributed by atoms with E-state index in [0.29, 0.717) is 6.04 Å². The summed E-state index contributed by atoms with van der Waals surface area (Å²) in [6.45, 7) is 2.96. The van der Waals surface area contributed by atoms with Crippen LogP contribution in [0, 0.1) is 0 Å². The molecular formula is C17H22N2O. The van der Waals surface area contributed by atoms with Gasteiger partial charge >= 0.3 is 0 Å². The van der Waals surface area contributed by atoms with Crippen LogP contribution in [0.25, 0.3) is 0 Å². The van der Waals surface area contributed by atoms with E-state index in [0.717, 1.165) is 18.7 Å². The van der Waals surface area contributed by atoms with Crippen LogP contribution < -0.4 is 10.6 Å². The number of nitrogens with two attached hydrogens (primary N) is 1. The Kier molecular flexibility index (Phi) is 3.79. The van der Waals surface area contributed by atoms with Crippen LogP contribution in [0.15, 0.2) is 47.1 Å². The van der Waals surface area contributed by atoms with Crippen molar-refractivity contribution in [3.63, 3.8) is 0 Å². The first-order valence-electron chi connectivity index (χ1n) is 7.43. The third-order valence-corrected chi connectivity index (χ3v) is 3.98. The van der Waals surface area contributed by atoms with Crippen molar-refractivity contribution in [3.05, 3.63) is 54.0 Å². The predicted molar refractivity (Wildman–Crippen MR) is 81.6 cm³/mol. The molecule has 2 N–H and O–H groups in total. The van der Waals surface area contributed by atoms with Gasteiger partial charge in [0.05, 0.1) is 12.8 Å². The molecule has 0 aliphatic heterocycles. The van der Waals surface area contributed by atoms with Gasteiger partial charge in [0.1, 0.15) is 5.76 Å². The van der Waals surface area contributed by atoms with E-state index < -0.39 is 0 Å². The standard InChI is InChI=1S/C17H22N2O/c1-2-16(18)15-7-3-4-8-17(15)19(13-9-10-13)12-14-6-5-11-20-14/h3-8,11,13,16H,2,9-10,12,18H2,1H3/t16-/m1/s1. The van der Waals surface area contributed by atoms with E-state index in [1.807, 2.05) is 12.1 Å². The smallest absolute Gasteiger partial charge is 0.123 e. The Labute approximate surface area is 120 Å². The van der Waals surface area contributed by atoms with E-state index in [2.05, 4.69) is 36.1 Å². The molecule has 1 atom stereocenters. The highest BCUT2D eigenvalue weighted by atomic mass is 16.3. The van der Waals surface area contributed by atoms with Crippen LogP contribution in [-0.4, -0.2) is 6.04 Å². The van der Waals surface area contributed by atoms with Gasteiger partial charge in [-0.05, 0) is 43.0 Å². The lowest BCUT2D eigenvalue weighted by Gasteiger charge is -2.28. The van der Waals surface area contributed by atoms with Gasteiger partial charge in [0.15, 0.2) is 0 Å². The number of hydrogen-bond donors (Lipinski definition) is 1. The molecule has 0 bridgehead atoms. The maximum absolute atomic E-state index is 6.28. The van der Waals surface area contributed by atoms with Crippen LogP contribution >= 0.6 is 0 Å². The Morgan fingerprint density at radius 1 is 1.25 bits per heavy atom. The summed E-state index contributed by atoms with van der Waals surface area (Å²) in [7, 11) is 0. The second-order valence-electron chi connectivity index (χ2n) is 5.51. The molecule has 0 radical (unpaired) electrons. The highest BCUT2D eigenvalue weighted by Crippen LogP contribution is 2.36. The zero-order valence-corrected chi connectivity index (χ0v) is 12.0. The monoisotopic (exact) mass is 270 g/mol. The second-order valence-corrected chi connectivity index (χ2v) is 5.51. The predicted octanol–water partition coefficient (Wildman–Crippen LogP) is 3.86. The fourth-order valence-corrected chi connectivity index (χ4v) is 2.65. The Bertz CT molecular complexity index is 546. The van der Waals surface area contributed by atoms with Crippen molar-refractivity contribution >= 4 is 5.69 Å². The molecule has 1 aromatic carbocycles. The zero-order valence-electron chi connectivity index (χ0n) is 12.0. The molecule has 0 spiro atoms. The normalized spacial score (nSPS) is 16.1. The lowest BCUT2D eigenvalue weighted by atomic mass is 10.0. The first-order valence-corrected chi connectivity index (χ1v) is 7.43. The molecule has 1 fully saturated rings. The quantitative estimate of drug-likeness (QED) is 0.866. The minimum absolute atomic E-state index is 0.101. The molecule has 1 aliphatic rings. The molecule has 1 saturated carbocycles. The topological polar surface area (TPSA) is 42.4 Å². The lowest BCUT2D eigenvalue weighted by molar-refractivity contribution is 0.500. The zero-order chi connectivity index (χ0) is 13.9. The summed E-state index contributed by atoms with van der Waals surface area (Å²) in [5.74, 6) is 1.01. The van der Waals surface area contributed by atoms with Crippen molar-refractivity contribution in [2.24, 2.45) is 5.73 Å². The molecule has 106 valence electrons. The number of para-hydroxylation sites is 1. The summed E-state index contributed by atoms with van der Waals surface area (Å²) < 4.78 is 5.52. The SMILES string of the molecule is CC[C@@H](N)c1ccccc1N(Cc1ccco1)C1CC1. The van der Waals surface area contributed by atoms with Crippen LogP contribution in [-0.2, 0) is 6.54 Å². The van der Waals surface area contributed by atoms with Crippen LogP contribution in [0.1, 0.15) is 43.6 Å². The lowest BCUT2D eigenvalue weighted by Crippen LogP contribution is -2.27. The Morgan fingerprint density at radius 3 is 2.70 bits per heavy atom. The minimum atomic E-state index is 0.101. The number of hydrogen-bond acceptors (Lipinski definition) is 3. The Morgan fingerprint density at radius 2 is 2.05 bits per heavy atom. The van der Waals surface area contributed by atoms with E-state index in [4.69, 9.17) is 10.2 Å². The Hall–Kier alpha value is -1.74. The number of benzene rings is 1. The average Bonchev–Trinajstić information content (AvgIpc) is 3.20. The highest BCUT2D eigenvalue weighted by molar-refractivity contribution is 5.56. The number of furan rings is 1. The second kappa shape index (κ2) is 5.71. The van der Waals surface area contributed by atoms with Gasteiger partial charge in [0.25, 0.3) is 0 Å². The molecule has 1 heterocycles. The molecule has 0 amide bonds. The van der Waals surface area contributed by atoms with Crippen molar-refractivity contribution in [2.75, 3.05) is 4.90 Å². The van der Waals surface area contributed by atoms with Gasteiger partial charge in [-0.15, -0.1) is 0 Å². The van der Waals surface area contributed by atoms with Crippen LogP contribution in [0.2, 0.25) is 0 Å². The molecular weight excluding hydrogens is 248 g/mol. The van der Waals surface area contributed by atoms with Crippen molar-refractivity contribution < 1.29 is 4.42 Å². The summed E-state index contributed by atoms with van der Waals surface area (Å²) in [5, 5.41) is 0. The molecule has 1 aromatic heterocycles. The van der Waals surface area contributed by atoms with Gasteiger partial charge in [-0.1, -0.05) is 25.1 Å². The first kappa shape index (κ1) is 13.3. The van der Waals surface area contributed by atoms with Gasteiger partial charge < -0.3 is 15.1 Å². The van der Waals surface area contributed by atoms with E-state index in [1.165, 1.54) is 24.1 Å². The largest absolute Gasteiger partial charge is 0.467 e. The molecule has 3 nitrogen and oxygen atoms in total. The molecule has 0 unspecified atom stereocenters. The van der Waals surface area contributed by atoms with Crippen LogP contribution in [0.3, 0.4) is 0 Å². The van der Waals surface area contributed by atoms with E-state index in [1.54, 1.807) is 6.26 Å². The summed E-state index contributed by atoms with van der Waals surface area (Å²) in [6.07, 6.45) is 5.22. The summed E-state index contributed by atoms with van der Waals surface area (Å²) in [5.41, 5.74) is 8.79. The van der Waals surface area contributed by atoms with Crippen molar-refractivity contribution in [2.45, 2.75) is 44.8 Å². The summed E-state index contributed by atoms with van der Waals surface area (Å²) >= 11 is 0. The van der Waals surface area contributed by atoms with Crippen molar-refractivity contribution in [3.8, 4) is 0 Å². The van der Waals surface area contributed by atoms with Crippen molar-refractivity contribution in [1.82, 2.24) is 0 Å². The van der Waals surface area contributed by atoms with E-state index in [-0.39, 0.29) is 6.04 Å². The molecule has 20 heavy (non-hydrogen) atoms. The van der Waals surface area contributed by atoms with E-state index in [9.17, 15) is 0 Å². The third-order valence-electron chi connectivity index (χ3n) is 3.98. The molecule has 2 aromatic rings. The van der Waals surface area contributed by atoms with Crippen LogP contribution in [0.5, 0.6) is 0 Å². The van der Waals surface area contributed by atoms with Crippen molar-refractivity contribution in [1.29, 1.82) is 0 Å². The first-order chi connectivity index (χ1) is 9.79. The van der Waals surface area contributed by atoms with Gasteiger partial charge in [-0.2, -0.15) is 0 Å². The highest BCUT2D eigenvalue weighted by Gasteiger charge is 2.31. The van der Waals surface area contributed by atoms with Gasteiger partial charge in [-0.3, -0.25) is 0 Å². The van der Waals surface area contributed by atoms with Crippen LogP contribution in [0.4, 0.5) is 5.69 Å². The minimum Gasteiger partial charge on any atom is -0.467 e. The van der Waals surface area contributed by atoms with E-state index >= 15 is 0 Å². The molecule has 0 saturated heterocycles. The fraction of sp³-hybridized carbons (Fsp3) is 0.412. The number of anilines is 1. The Balaban J connectivity index is 1.91.